The molecule has 0 bridgehead atoms. The molecule has 0 saturated carbocycles. The minimum atomic E-state index is -0.0779. The van der Waals surface area contributed by atoms with E-state index < -0.39 is 0 Å². The Kier molecular flexibility index (Phi) is 10.7. The van der Waals surface area contributed by atoms with Crippen LogP contribution in [0.15, 0.2) is 170 Å². The van der Waals surface area contributed by atoms with Gasteiger partial charge in [-0.15, -0.1) is 53.6 Å². The first-order valence-corrected chi connectivity index (χ1v) is 21.0. The van der Waals surface area contributed by atoms with Crippen LogP contribution in [0.25, 0.3) is 49.9 Å². The number of rotatable bonds is 7. The summed E-state index contributed by atoms with van der Waals surface area (Å²) in [5.74, 6) is 2.03. The van der Waals surface area contributed by atoms with Gasteiger partial charge in [0.2, 0.25) is 0 Å². The van der Waals surface area contributed by atoms with Crippen LogP contribution < -0.4 is 14.5 Å². The van der Waals surface area contributed by atoms with Crippen LogP contribution in [-0.2, 0) is 31.9 Å². The van der Waals surface area contributed by atoms with Crippen LogP contribution in [0, 0.1) is 18.8 Å². The van der Waals surface area contributed by atoms with E-state index in [0.717, 1.165) is 61.5 Å². The van der Waals surface area contributed by atoms with Gasteiger partial charge < -0.3 is 19.1 Å². The third-order valence-electron chi connectivity index (χ3n) is 11.6. The fourth-order valence-electron chi connectivity index (χ4n) is 8.58. The molecule has 62 heavy (non-hydrogen) atoms. The average molecular weight is 987 g/mol. The number of anilines is 4. The molecule has 0 fully saturated rings. The minimum absolute atomic E-state index is 0. The number of pyridine rings is 1. The van der Waals surface area contributed by atoms with E-state index in [4.69, 9.17) is 9.72 Å². The van der Waals surface area contributed by atoms with E-state index in [0.29, 0.717) is 11.5 Å². The molecule has 310 valence electrons. The molecule has 0 unspecified atom stereocenters. The second-order valence-electron chi connectivity index (χ2n) is 17.8. The van der Waals surface area contributed by atoms with Gasteiger partial charge in [0.1, 0.15) is 5.82 Å². The van der Waals surface area contributed by atoms with Crippen molar-refractivity contribution in [2.45, 2.75) is 52.4 Å². The molecule has 0 amide bonds. The fourth-order valence-corrected chi connectivity index (χ4v) is 8.58. The maximum Gasteiger partial charge on any atom is 0.135 e. The Morgan fingerprint density at radius 1 is 0.532 bits per heavy atom. The van der Waals surface area contributed by atoms with Crippen LogP contribution >= 0.6 is 0 Å². The van der Waals surface area contributed by atoms with Gasteiger partial charge in [-0.05, 0) is 74.9 Å². The summed E-state index contributed by atoms with van der Waals surface area (Å²) in [6.07, 6.45) is 1.90. The predicted molar refractivity (Wildman–Crippen MR) is 252 cm³/mol. The first-order valence-electron chi connectivity index (χ1n) is 21.0. The van der Waals surface area contributed by atoms with Crippen molar-refractivity contribution >= 4 is 44.6 Å². The van der Waals surface area contributed by atoms with E-state index in [1.807, 2.05) is 18.3 Å². The van der Waals surface area contributed by atoms with Crippen molar-refractivity contribution in [1.29, 1.82) is 0 Å². The molecular weight excluding hydrogens is 940 g/mol. The van der Waals surface area contributed by atoms with Crippen molar-refractivity contribution in [2.75, 3.05) is 9.80 Å². The summed E-state index contributed by atoms with van der Waals surface area (Å²) in [4.78, 5) is 9.43. The third-order valence-corrected chi connectivity index (χ3v) is 11.6. The molecule has 0 N–H and O–H groups in total. The number of aromatic nitrogens is 2. The van der Waals surface area contributed by atoms with E-state index in [2.05, 4.69) is 226 Å². The third kappa shape index (κ3) is 7.49. The molecule has 6 heteroatoms. The topological polar surface area (TPSA) is 33.5 Å². The number of ether oxygens (including phenoxy) is 1. The minimum Gasteiger partial charge on any atom is -0.509 e. The molecule has 5 nitrogen and oxygen atoms in total. The molecule has 0 atom stereocenters. The molecule has 1 aliphatic heterocycles. The van der Waals surface area contributed by atoms with Crippen molar-refractivity contribution in [3.05, 3.63) is 200 Å². The molecule has 9 aromatic rings. The van der Waals surface area contributed by atoms with E-state index >= 15 is 0 Å². The van der Waals surface area contributed by atoms with Gasteiger partial charge in [-0.3, -0.25) is 0 Å². The molecular formula is C56H47N4OPt-3. The van der Waals surface area contributed by atoms with Crippen LogP contribution in [0.5, 0.6) is 11.5 Å². The SMILES string of the molecule is CC(C)(C)c1ccnc(-n2c3[c-]c(Oc4[c-]c(N5[CH-]N(c6cccc(C(C)(C)C)c6-c6ccccc6)c6ccccc65)cc(-c5ccccc5)c4)ccc3c3ccccc32)c1.[Pt]. The molecule has 3 heterocycles. The molecule has 0 radical (unpaired) electrons. The van der Waals surface area contributed by atoms with Gasteiger partial charge in [-0.2, -0.15) is 6.07 Å². The Labute approximate surface area is 379 Å². The van der Waals surface area contributed by atoms with Crippen molar-refractivity contribution in [3.8, 4) is 39.6 Å². The zero-order chi connectivity index (χ0) is 41.9. The van der Waals surface area contributed by atoms with E-state index in [1.165, 1.54) is 22.3 Å². The average Bonchev–Trinajstić information content (AvgIpc) is 3.82. The monoisotopic (exact) mass is 986 g/mol. The van der Waals surface area contributed by atoms with Gasteiger partial charge in [0.05, 0.1) is 0 Å². The Morgan fingerprint density at radius 3 is 1.92 bits per heavy atom. The summed E-state index contributed by atoms with van der Waals surface area (Å²) in [5.41, 5.74) is 13.0. The smallest absolute Gasteiger partial charge is 0.135 e. The van der Waals surface area contributed by atoms with Gasteiger partial charge in [-0.1, -0.05) is 150 Å². The van der Waals surface area contributed by atoms with Crippen LogP contribution in [-0.4, -0.2) is 9.55 Å². The van der Waals surface area contributed by atoms with Crippen molar-refractivity contribution < 1.29 is 25.8 Å². The van der Waals surface area contributed by atoms with Crippen LogP contribution in [0.4, 0.5) is 22.7 Å². The van der Waals surface area contributed by atoms with Crippen LogP contribution in [0.1, 0.15) is 52.7 Å². The van der Waals surface area contributed by atoms with Crippen molar-refractivity contribution in [2.24, 2.45) is 0 Å². The van der Waals surface area contributed by atoms with Gasteiger partial charge in [-0.25, -0.2) is 4.98 Å². The van der Waals surface area contributed by atoms with Crippen molar-refractivity contribution in [3.63, 3.8) is 0 Å². The number of hydrogen-bond acceptors (Lipinski definition) is 4. The standard InChI is InChI=1S/C56H47N4O.Pt/c1-55(2,3)41-30-31-57-53(34-41)60-48-24-14-13-22-45(48)46-29-28-43(36-52(46)60)61-44-33-40(38-18-9-7-10-19-38)32-42(35-44)58-37-59(50-26-16-15-25-49(50)58)51-27-17-23-47(56(4,5)6)54(51)39-20-11-8-12-21-39;/h7-34,37H,1-6H3;/q-3;. The molecule has 0 spiro atoms. The Balaban J connectivity index is 0.00000490. The molecule has 0 aliphatic carbocycles. The number of para-hydroxylation sites is 3. The summed E-state index contributed by atoms with van der Waals surface area (Å²) in [7, 11) is 0. The van der Waals surface area contributed by atoms with Crippen molar-refractivity contribution in [1.82, 2.24) is 9.55 Å². The maximum atomic E-state index is 6.84. The Morgan fingerprint density at radius 2 is 1.19 bits per heavy atom. The number of hydrogen-bond donors (Lipinski definition) is 0. The molecule has 10 rings (SSSR count). The zero-order valence-electron chi connectivity index (χ0n) is 35.8. The quantitative estimate of drug-likeness (QED) is 0.149. The van der Waals surface area contributed by atoms with Gasteiger partial charge in [0, 0.05) is 66.9 Å². The summed E-state index contributed by atoms with van der Waals surface area (Å²) >= 11 is 0. The van der Waals surface area contributed by atoms with Gasteiger partial charge >= 0.3 is 0 Å². The largest absolute Gasteiger partial charge is 0.509 e. The normalized spacial score (nSPS) is 12.7. The maximum absolute atomic E-state index is 6.84. The van der Waals surface area contributed by atoms with Crippen LogP contribution in [0.2, 0.25) is 0 Å². The van der Waals surface area contributed by atoms with E-state index in [1.54, 1.807) is 0 Å². The first-order chi connectivity index (χ1) is 29.5. The summed E-state index contributed by atoms with van der Waals surface area (Å²) in [6.45, 7) is 15.7. The molecule has 2 aromatic heterocycles. The Bertz CT molecular complexity index is 3070. The number of benzene rings is 7. The predicted octanol–water partition coefficient (Wildman–Crippen LogP) is 14.9. The van der Waals surface area contributed by atoms with E-state index in [9.17, 15) is 0 Å². The molecule has 0 saturated heterocycles. The molecule has 1 aliphatic rings. The van der Waals surface area contributed by atoms with Gasteiger partial charge in [0.25, 0.3) is 0 Å². The Hall–Kier alpha value is -6.42. The zero-order valence-corrected chi connectivity index (χ0v) is 38.0. The summed E-state index contributed by atoms with van der Waals surface area (Å²) in [5, 5.41) is 2.22. The second kappa shape index (κ2) is 16.1. The summed E-state index contributed by atoms with van der Waals surface area (Å²) in [6, 6.07) is 65.0. The summed E-state index contributed by atoms with van der Waals surface area (Å²) < 4.78 is 9.04. The van der Waals surface area contributed by atoms with Crippen LogP contribution in [0.3, 0.4) is 0 Å². The fraction of sp³-hybridized carbons (Fsp3) is 0.143. The van der Waals surface area contributed by atoms with E-state index in [-0.39, 0.29) is 31.9 Å². The number of nitrogens with zero attached hydrogens (tertiary/aromatic N) is 4. The number of fused-ring (bicyclic) bond motifs is 4. The molecule has 7 aromatic carbocycles. The van der Waals surface area contributed by atoms with Gasteiger partial charge in [0.15, 0.2) is 0 Å². The first kappa shape index (κ1) is 41.0. The second-order valence-corrected chi connectivity index (χ2v) is 17.8.